The Labute approximate surface area is 153 Å². The van der Waals surface area contributed by atoms with E-state index in [4.69, 9.17) is 10.1 Å². The molecule has 0 aliphatic heterocycles. The summed E-state index contributed by atoms with van der Waals surface area (Å²) in [6.45, 7) is 0.0417. The summed E-state index contributed by atoms with van der Waals surface area (Å²) in [5, 5.41) is 5.58. The molecule has 0 aromatic heterocycles. The number of hydrogen-bond donors (Lipinski definition) is 0. The van der Waals surface area contributed by atoms with Crippen molar-refractivity contribution in [1.82, 2.24) is 0 Å². The summed E-state index contributed by atoms with van der Waals surface area (Å²) >= 11 is 0. The average molecular weight is 329 g/mol. The number of carbonyl (C=O) groups is 1. The molecular weight excluding hydrogens is 326 g/mol. The summed E-state index contributed by atoms with van der Waals surface area (Å²) in [6, 6.07) is 0. The van der Waals surface area contributed by atoms with Crippen molar-refractivity contribution in [3.8, 4) is 0 Å². The molecule has 0 aromatic rings. The van der Waals surface area contributed by atoms with E-state index in [0.29, 0.717) is 0 Å². The fourth-order valence-electron chi connectivity index (χ4n) is 0. The van der Waals surface area contributed by atoms with Crippen LogP contribution in [-0.2, 0) is 9.68 Å². The fraction of sp³-hybridized carbons (Fsp3) is 0. The first-order valence-electron chi connectivity index (χ1n) is 0.676. The molecule has 0 rings (SSSR count). The fourth-order valence-corrected chi connectivity index (χ4v) is 0. The second-order valence-corrected chi connectivity index (χ2v) is 0.214. The Morgan fingerprint density at radius 3 is 1.67 bits per heavy atom. The van der Waals surface area contributed by atoms with Crippen LogP contribution < -0.4 is 138 Å². The molecule has 24 valence electrons. The summed E-state index contributed by atoms with van der Waals surface area (Å²) in [5.41, 5.74) is 0. The van der Waals surface area contributed by atoms with E-state index in [1.807, 2.05) is 0 Å². The van der Waals surface area contributed by atoms with Gasteiger partial charge in [-0.05, 0) is 0 Å². The van der Waals surface area contributed by atoms with E-state index < -0.39 is 0 Å². The molecule has 0 saturated carbocycles. The predicted octanol–water partition coefficient (Wildman–Crippen LogP) is -7.19. The molecule has 5 heteroatoms. The molecule has 0 radical (unpaired) electrons. The third kappa shape index (κ3) is 15.6. The van der Waals surface area contributed by atoms with E-state index >= 15 is 0 Å². The molecule has 0 atom stereocenters. The van der Waals surface area contributed by atoms with Crippen LogP contribution in [0.5, 0.6) is 0 Å². The van der Waals surface area contributed by atoms with E-state index in [2.05, 4.69) is 4.89 Å². The first-order chi connectivity index (χ1) is 1.91. The summed E-state index contributed by atoms with van der Waals surface area (Å²) in [5.74, 6) is 0. The largest absolute Gasteiger partial charge is 1.00 e. The molecule has 6 heavy (non-hydrogen) atoms. The normalized spacial score (nSPS) is 3.50. The van der Waals surface area contributed by atoms with Gasteiger partial charge in [-0.2, -0.15) is 4.89 Å². The molecule has 0 amide bonds. The Kier molecular flexibility index (Phi) is 42.9. The zero-order valence-corrected chi connectivity index (χ0v) is 16.5. The Bertz CT molecular complexity index is 22.8. The summed E-state index contributed by atoms with van der Waals surface area (Å²) < 4.78 is 0. The van der Waals surface area contributed by atoms with Gasteiger partial charge in [0.2, 0.25) is 0 Å². The van der Waals surface area contributed by atoms with Crippen LogP contribution in [0, 0.1) is 0 Å². The maximum atomic E-state index is 8.76. The molecule has 0 unspecified atom stereocenters. The monoisotopic (exact) mass is 329 g/mol. The van der Waals surface area contributed by atoms with Gasteiger partial charge in [0, 0.05) is 0 Å². The maximum absolute atomic E-state index is 8.76. The van der Waals surface area contributed by atoms with E-state index in [-0.39, 0.29) is 144 Å². The third-order valence-electron chi connectivity index (χ3n) is 0.0481. The third-order valence-corrected chi connectivity index (χ3v) is 0.0481. The smallest absolute Gasteiger partial charge is 0.247 e. The van der Waals surface area contributed by atoms with Crippen LogP contribution in [-0.4, -0.2) is 11.7 Å². The van der Waals surface area contributed by atoms with Gasteiger partial charge in [-0.3, -0.25) is 0 Å². The van der Waals surface area contributed by atoms with Crippen molar-refractivity contribution in [1.29, 1.82) is 0 Å². The predicted molar refractivity (Wildman–Crippen MR) is 10.8 cm³/mol. The van der Waals surface area contributed by atoms with Crippen LogP contribution in [0.1, 0.15) is 0 Å². The molecule has 0 bridgehead atoms. The Morgan fingerprint density at radius 2 is 1.67 bits per heavy atom. The van der Waals surface area contributed by atoms with Crippen LogP contribution in [0.2, 0.25) is 0 Å². The molecule has 0 fully saturated rings. The molecule has 0 heterocycles. The van der Waals surface area contributed by atoms with Crippen molar-refractivity contribution < 1.29 is 153 Å². The first kappa shape index (κ1) is 16.3. The average Bonchev–Trinajstić information content (AvgIpc) is 1.37. The molecule has 3 nitrogen and oxygen atoms in total. The molecule has 0 saturated heterocycles. The summed E-state index contributed by atoms with van der Waals surface area (Å²) in [4.78, 5) is 11.9. The Morgan fingerprint density at radius 1 is 1.50 bits per heavy atom. The van der Waals surface area contributed by atoms with E-state index in [0.717, 1.165) is 0 Å². The van der Waals surface area contributed by atoms with Crippen molar-refractivity contribution >= 4 is 6.47 Å². The first-order valence-corrected chi connectivity index (χ1v) is 0.676. The van der Waals surface area contributed by atoms with Gasteiger partial charge in [-0.15, -0.1) is 0 Å². The van der Waals surface area contributed by atoms with Crippen LogP contribution >= 0.6 is 0 Å². The topological polar surface area (TPSA) is 49.2 Å². The molecule has 2 N–H and O–H groups in total. The van der Waals surface area contributed by atoms with Gasteiger partial charge in [0.1, 0.15) is 0 Å². The molecule has 0 aliphatic carbocycles. The molecule has 0 aliphatic rings. The van der Waals surface area contributed by atoms with E-state index in [1.54, 1.807) is 0 Å². The number of carbonyl (C=O) groups excluding carboxylic acids is 1. The van der Waals surface area contributed by atoms with Crippen molar-refractivity contribution in [3.63, 3.8) is 0 Å². The minimum Gasteiger partial charge on any atom is -0.247 e. The summed E-state index contributed by atoms with van der Waals surface area (Å²) in [6.07, 6.45) is 0. The van der Waals surface area contributed by atoms with E-state index in [9.17, 15) is 0 Å². The van der Waals surface area contributed by atoms with Gasteiger partial charge in [0.15, 0.2) is 0 Å². The van der Waals surface area contributed by atoms with Gasteiger partial charge < -0.3 is 0 Å². The van der Waals surface area contributed by atoms with Gasteiger partial charge in [-0.25, -0.2) is 10.1 Å². The van der Waals surface area contributed by atoms with Crippen molar-refractivity contribution in [3.05, 3.63) is 0 Å². The van der Waals surface area contributed by atoms with Crippen molar-refractivity contribution in [2.45, 2.75) is 0 Å². The van der Waals surface area contributed by atoms with Crippen LogP contribution in [0.25, 0.3) is 0 Å². The molecule has 0 aromatic carbocycles. The van der Waals surface area contributed by atoms with E-state index in [1.165, 1.54) is 0 Å². The Balaban J connectivity index is -0.0000000450. The number of rotatable bonds is 1. The standard InChI is InChI=1S/CH2O3.2Cs/c2-1-4-3;;/h1,3H;;/q;2*+1/p+1. The van der Waals surface area contributed by atoms with Crippen LogP contribution in [0.15, 0.2) is 0 Å². The SMILES string of the molecule is O=CO[OH2+].[Cs+].[Cs+]. The minimum absolute atomic E-state index is 0. The van der Waals surface area contributed by atoms with Gasteiger partial charge in [0.05, 0.1) is 0 Å². The van der Waals surface area contributed by atoms with Gasteiger partial charge >= 0.3 is 144 Å². The van der Waals surface area contributed by atoms with Gasteiger partial charge in [0.25, 0.3) is 0 Å². The zero-order chi connectivity index (χ0) is 3.41. The van der Waals surface area contributed by atoms with Crippen molar-refractivity contribution in [2.75, 3.05) is 0 Å². The quantitative estimate of drug-likeness (QED) is 0.208. The van der Waals surface area contributed by atoms with Crippen molar-refractivity contribution in [2.24, 2.45) is 0 Å². The molecule has 0 spiro atoms. The second kappa shape index (κ2) is 15.8. The zero-order valence-electron chi connectivity index (χ0n) is 3.89. The maximum Gasteiger partial charge on any atom is 1.00 e. The number of hydrogen-bond acceptors (Lipinski definition) is 2. The van der Waals surface area contributed by atoms with Gasteiger partial charge in [-0.1, -0.05) is 0 Å². The summed E-state index contributed by atoms with van der Waals surface area (Å²) in [7, 11) is 0. The van der Waals surface area contributed by atoms with Crippen LogP contribution in [0.3, 0.4) is 0 Å². The second-order valence-electron chi connectivity index (χ2n) is 0.214. The minimum atomic E-state index is 0. The van der Waals surface area contributed by atoms with Crippen LogP contribution in [0.4, 0.5) is 0 Å². The molecular formula is CH3Cs2O3+3. The Hall–Kier alpha value is 3.53.